The number of hydrogen-bond acceptors (Lipinski definition) is 7. The second-order valence-corrected chi connectivity index (χ2v) is 8.93. The maximum Gasteiger partial charge on any atom is 0.306 e. The number of aryl methyl sites for hydroxylation is 1. The number of aromatic hydroxyl groups is 2. The zero-order valence-electron chi connectivity index (χ0n) is 18.3. The Kier molecular flexibility index (Phi) is 5.59. The number of nitrogens with zero attached hydrogens (tertiary/aromatic N) is 1. The van der Waals surface area contributed by atoms with Gasteiger partial charge in [-0.1, -0.05) is 12.5 Å². The molecule has 2 saturated heterocycles. The number of phenolic OH excluding ortho intramolecular Hbond substituents is 2. The first-order valence-electron chi connectivity index (χ1n) is 11.4. The molecule has 3 aliphatic heterocycles. The summed E-state index contributed by atoms with van der Waals surface area (Å²) in [6, 6.07) is 8.90. The molecular formula is C25H29NO6. The van der Waals surface area contributed by atoms with Crippen LogP contribution < -0.4 is 9.47 Å². The van der Waals surface area contributed by atoms with Crippen molar-refractivity contribution in [1.82, 2.24) is 4.90 Å². The van der Waals surface area contributed by atoms with Gasteiger partial charge in [0, 0.05) is 36.9 Å². The highest BCUT2D eigenvalue weighted by molar-refractivity contribution is 5.70. The summed E-state index contributed by atoms with van der Waals surface area (Å²) >= 11 is 0. The third-order valence-corrected chi connectivity index (χ3v) is 6.95. The smallest absolute Gasteiger partial charge is 0.306 e. The number of benzene rings is 2. The van der Waals surface area contributed by atoms with Gasteiger partial charge in [-0.15, -0.1) is 0 Å². The van der Waals surface area contributed by atoms with Gasteiger partial charge in [-0.3, -0.25) is 9.69 Å². The third-order valence-electron chi connectivity index (χ3n) is 6.95. The molecule has 7 heteroatoms. The van der Waals surface area contributed by atoms with Crippen LogP contribution >= 0.6 is 0 Å². The Bertz CT molecular complexity index is 1020. The topological polar surface area (TPSA) is 88.5 Å². The average Bonchev–Trinajstić information content (AvgIpc) is 2.80. The number of carbonyl (C=O) groups excluding carboxylic acids is 1. The molecule has 0 radical (unpaired) electrons. The minimum atomic E-state index is -0.203. The second-order valence-electron chi connectivity index (χ2n) is 8.93. The van der Waals surface area contributed by atoms with Gasteiger partial charge in [-0.2, -0.15) is 0 Å². The number of methoxy groups -OCH3 is 1. The molecule has 2 fully saturated rings. The summed E-state index contributed by atoms with van der Waals surface area (Å²) in [4.78, 5) is 15.1. The molecule has 5 rings (SSSR count). The molecule has 0 amide bonds. The van der Waals surface area contributed by atoms with E-state index in [0.717, 1.165) is 43.4 Å². The van der Waals surface area contributed by atoms with Crippen molar-refractivity contribution in [2.24, 2.45) is 0 Å². The SMILES string of the molecule is COc1ccc2c(c1O)Oc1cc(ccc1O)CCC(=O)OC1CC3CCCCN3C2C1. The van der Waals surface area contributed by atoms with E-state index in [1.165, 1.54) is 7.11 Å². The lowest BCUT2D eigenvalue weighted by molar-refractivity contribution is -0.154. The van der Waals surface area contributed by atoms with Crippen LogP contribution in [-0.4, -0.2) is 46.9 Å². The monoisotopic (exact) mass is 439 g/mol. The van der Waals surface area contributed by atoms with Gasteiger partial charge in [0.25, 0.3) is 0 Å². The molecule has 3 unspecified atom stereocenters. The van der Waals surface area contributed by atoms with Gasteiger partial charge in [0.05, 0.1) is 7.11 Å². The highest BCUT2D eigenvalue weighted by Crippen LogP contribution is 2.50. The first kappa shape index (κ1) is 20.9. The molecule has 3 aliphatic rings. The summed E-state index contributed by atoms with van der Waals surface area (Å²) in [5.41, 5.74) is 1.65. The van der Waals surface area contributed by atoms with Crippen molar-refractivity contribution in [2.45, 2.75) is 63.1 Å². The van der Waals surface area contributed by atoms with Gasteiger partial charge in [-0.25, -0.2) is 0 Å². The number of ether oxygens (including phenoxy) is 3. The number of esters is 1. The van der Waals surface area contributed by atoms with Crippen LogP contribution in [0.25, 0.3) is 0 Å². The molecule has 4 bridgehead atoms. The lowest BCUT2D eigenvalue weighted by Gasteiger charge is -2.47. The predicted octanol–water partition coefficient (Wildman–Crippen LogP) is 4.45. The van der Waals surface area contributed by atoms with E-state index in [9.17, 15) is 15.0 Å². The normalized spacial score (nSPS) is 25.7. The van der Waals surface area contributed by atoms with Gasteiger partial charge in [0.1, 0.15) is 6.10 Å². The van der Waals surface area contributed by atoms with Gasteiger partial charge in [-0.05, 0) is 55.6 Å². The highest BCUT2D eigenvalue weighted by Gasteiger charge is 2.41. The molecule has 2 aromatic carbocycles. The van der Waals surface area contributed by atoms with Crippen LogP contribution in [-0.2, 0) is 16.0 Å². The molecular weight excluding hydrogens is 410 g/mol. The quantitative estimate of drug-likeness (QED) is 0.635. The molecule has 2 aromatic rings. The summed E-state index contributed by atoms with van der Waals surface area (Å²) in [6.45, 7) is 0.947. The molecule has 32 heavy (non-hydrogen) atoms. The number of rotatable bonds is 1. The van der Waals surface area contributed by atoms with Crippen LogP contribution in [0.1, 0.15) is 55.7 Å². The van der Waals surface area contributed by atoms with Crippen molar-refractivity contribution < 1.29 is 29.2 Å². The zero-order chi connectivity index (χ0) is 22.2. The Labute approximate surface area is 187 Å². The van der Waals surface area contributed by atoms with Crippen LogP contribution in [0.15, 0.2) is 30.3 Å². The van der Waals surface area contributed by atoms with E-state index in [1.807, 2.05) is 6.07 Å². The van der Waals surface area contributed by atoms with Crippen LogP contribution in [0.3, 0.4) is 0 Å². The number of fused-ring (bicyclic) bond motifs is 8. The lowest BCUT2D eigenvalue weighted by atomic mass is 9.84. The fourth-order valence-electron chi connectivity index (χ4n) is 5.37. The van der Waals surface area contributed by atoms with Gasteiger partial charge in [0.15, 0.2) is 23.0 Å². The van der Waals surface area contributed by atoms with Gasteiger partial charge >= 0.3 is 5.97 Å². The summed E-state index contributed by atoms with van der Waals surface area (Å²) in [5, 5.41) is 21.5. The molecule has 7 nitrogen and oxygen atoms in total. The van der Waals surface area contributed by atoms with E-state index < -0.39 is 0 Å². The molecule has 2 N–H and O–H groups in total. The second kappa shape index (κ2) is 8.54. The van der Waals surface area contributed by atoms with E-state index in [-0.39, 0.29) is 47.5 Å². The fraction of sp³-hybridized carbons (Fsp3) is 0.480. The van der Waals surface area contributed by atoms with E-state index in [2.05, 4.69) is 4.90 Å². The van der Waals surface area contributed by atoms with Crippen LogP contribution in [0, 0.1) is 0 Å². The maximum atomic E-state index is 12.6. The lowest BCUT2D eigenvalue weighted by Crippen LogP contribution is -2.49. The van der Waals surface area contributed by atoms with Crippen LogP contribution in [0.4, 0.5) is 0 Å². The summed E-state index contributed by atoms with van der Waals surface area (Å²) < 4.78 is 17.4. The molecule has 0 spiro atoms. The first-order chi connectivity index (χ1) is 15.5. The third kappa shape index (κ3) is 3.86. The minimum absolute atomic E-state index is 0.0308. The molecule has 3 atom stereocenters. The zero-order valence-corrected chi connectivity index (χ0v) is 18.3. The Hall–Kier alpha value is -2.93. The van der Waals surface area contributed by atoms with Crippen molar-refractivity contribution in [2.75, 3.05) is 13.7 Å². The molecule has 0 aliphatic carbocycles. The number of phenols is 2. The van der Waals surface area contributed by atoms with E-state index in [1.54, 1.807) is 24.3 Å². The van der Waals surface area contributed by atoms with Crippen molar-refractivity contribution in [3.8, 4) is 28.7 Å². The van der Waals surface area contributed by atoms with Crippen molar-refractivity contribution in [3.63, 3.8) is 0 Å². The maximum absolute atomic E-state index is 12.6. The first-order valence-corrected chi connectivity index (χ1v) is 11.4. The summed E-state index contributed by atoms with van der Waals surface area (Å²) in [5.74, 6) is 0.484. The summed E-state index contributed by atoms with van der Waals surface area (Å²) in [6.07, 6.45) is 5.36. The Morgan fingerprint density at radius 2 is 1.97 bits per heavy atom. The van der Waals surface area contributed by atoms with Gasteiger partial charge < -0.3 is 24.4 Å². The average molecular weight is 440 g/mol. The number of hydrogen-bond donors (Lipinski definition) is 2. The van der Waals surface area contributed by atoms with E-state index >= 15 is 0 Å². The Balaban J connectivity index is 1.66. The largest absolute Gasteiger partial charge is 0.504 e. The molecule has 0 aromatic heterocycles. The van der Waals surface area contributed by atoms with Crippen molar-refractivity contribution >= 4 is 5.97 Å². The Morgan fingerprint density at radius 1 is 1.09 bits per heavy atom. The van der Waals surface area contributed by atoms with Crippen molar-refractivity contribution in [1.29, 1.82) is 0 Å². The van der Waals surface area contributed by atoms with Gasteiger partial charge in [0.2, 0.25) is 5.75 Å². The predicted molar refractivity (Wildman–Crippen MR) is 117 cm³/mol. The van der Waals surface area contributed by atoms with E-state index in [0.29, 0.717) is 24.6 Å². The molecule has 170 valence electrons. The Morgan fingerprint density at radius 3 is 2.81 bits per heavy atom. The van der Waals surface area contributed by atoms with Crippen LogP contribution in [0.2, 0.25) is 0 Å². The molecule has 0 saturated carbocycles. The number of piperidine rings is 2. The molecule has 3 heterocycles. The minimum Gasteiger partial charge on any atom is -0.504 e. The summed E-state index contributed by atoms with van der Waals surface area (Å²) in [7, 11) is 1.50. The standard InChI is InChI=1S/C25H29NO6/c1-30-21-9-7-18-19-14-17(13-16-4-2-3-11-26(16)19)31-23(28)10-6-15-5-8-20(27)22(12-15)32-25(18)24(21)29/h5,7-9,12,16-17,19,27,29H,2-4,6,10-11,13-14H2,1H3. The van der Waals surface area contributed by atoms with E-state index in [4.69, 9.17) is 14.2 Å². The van der Waals surface area contributed by atoms with Crippen molar-refractivity contribution in [3.05, 3.63) is 41.5 Å². The highest BCUT2D eigenvalue weighted by atomic mass is 16.5. The van der Waals surface area contributed by atoms with Crippen LogP contribution in [0.5, 0.6) is 28.7 Å². The fourth-order valence-corrected chi connectivity index (χ4v) is 5.37. The number of carbonyl (C=O) groups is 1.